The molecular formula is C3H5ClFNO2. The van der Waals surface area contributed by atoms with Crippen molar-refractivity contribution in [2.45, 2.75) is 0 Å². The van der Waals surface area contributed by atoms with E-state index in [1.807, 2.05) is 0 Å². The first-order chi connectivity index (χ1) is 3.81. The van der Waals surface area contributed by atoms with Gasteiger partial charge in [0.15, 0.2) is 0 Å². The van der Waals surface area contributed by atoms with Gasteiger partial charge in [-0.05, 0) is 0 Å². The van der Waals surface area contributed by atoms with Crippen molar-refractivity contribution >= 4 is 18.2 Å². The third-order valence-corrected chi connectivity index (χ3v) is 0.552. The Hall–Kier alpha value is -0.350. The molecule has 0 aromatic carbocycles. The van der Waals surface area contributed by atoms with Crippen LogP contribution in [-0.2, 0) is 9.63 Å². The first kappa shape index (κ1) is 7.65. The van der Waals surface area contributed by atoms with Crippen molar-refractivity contribution in [3.05, 3.63) is 0 Å². The van der Waals surface area contributed by atoms with Crippen LogP contribution in [0.25, 0.3) is 0 Å². The second-order valence-corrected chi connectivity index (χ2v) is 1.23. The first-order valence-electron chi connectivity index (χ1n) is 1.90. The van der Waals surface area contributed by atoms with E-state index in [4.69, 9.17) is 11.8 Å². The van der Waals surface area contributed by atoms with Crippen LogP contribution in [0, 0.1) is 0 Å². The van der Waals surface area contributed by atoms with Gasteiger partial charge in [-0.15, -0.1) is 4.58 Å². The van der Waals surface area contributed by atoms with E-state index in [1.165, 1.54) is 0 Å². The van der Waals surface area contributed by atoms with Crippen LogP contribution in [0.5, 0.6) is 0 Å². The van der Waals surface area contributed by atoms with Gasteiger partial charge >= 0.3 is 0 Å². The van der Waals surface area contributed by atoms with E-state index in [0.717, 1.165) is 0 Å². The van der Waals surface area contributed by atoms with E-state index in [-0.39, 0.29) is 13.0 Å². The molecule has 0 atom stereocenters. The minimum Gasteiger partial charge on any atom is -0.275 e. The Kier molecular flexibility index (Phi) is 4.59. The molecule has 48 valence electrons. The van der Waals surface area contributed by atoms with Gasteiger partial charge < -0.3 is 0 Å². The molecule has 1 amide bonds. The van der Waals surface area contributed by atoms with Crippen LogP contribution >= 0.6 is 11.8 Å². The van der Waals surface area contributed by atoms with Crippen LogP contribution < -0.4 is 0 Å². The lowest BCUT2D eigenvalue weighted by Crippen LogP contribution is -2.11. The van der Waals surface area contributed by atoms with Crippen LogP contribution in [0.15, 0.2) is 0 Å². The smallest absolute Gasteiger partial charge is 0.249 e. The van der Waals surface area contributed by atoms with Crippen LogP contribution in [0.2, 0.25) is 0 Å². The molecule has 0 aromatic rings. The zero-order valence-corrected chi connectivity index (χ0v) is 4.77. The molecule has 0 aliphatic heterocycles. The van der Waals surface area contributed by atoms with Crippen molar-refractivity contribution in [2.75, 3.05) is 13.3 Å². The van der Waals surface area contributed by atoms with Gasteiger partial charge in [0.2, 0.25) is 6.41 Å². The largest absolute Gasteiger partial charge is 0.275 e. The van der Waals surface area contributed by atoms with Gasteiger partial charge in [-0.2, -0.15) is 0 Å². The number of nitrogens with zero attached hydrogens (tertiary/aromatic N) is 1. The van der Waals surface area contributed by atoms with E-state index in [2.05, 4.69) is 4.84 Å². The summed E-state index contributed by atoms with van der Waals surface area (Å²) in [6, 6.07) is 0. The average Bonchev–Trinajstić information content (AvgIpc) is 1.83. The molecule has 0 saturated carbocycles. The number of hydrogen-bond donors (Lipinski definition) is 0. The fourth-order valence-electron chi connectivity index (χ4n) is 0.152. The Balaban J connectivity index is 2.98. The number of rotatable bonds is 4. The fourth-order valence-corrected chi connectivity index (χ4v) is 0.221. The average molecular weight is 142 g/mol. The topological polar surface area (TPSA) is 29.5 Å². The highest BCUT2D eigenvalue weighted by atomic mass is 35.5. The molecule has 0 radical (unpaired) electrons. The van der Waals surface area contributed by atoms with Gasteiger partial charge in [0.25, 0.3) is 0 Å². The molecule has 8 heavy (non-hydrogen) atoms. The number of carbonyl (C=O) groups excluding carboxylic acids is 1. The van der Waals surface area contributed by atoms with E-state index in [9.17, 15) is 9.18 Å². The highest BCUT2D eigenvalue weighted by Gasteiger charge is 1.92. The van der Waals surface area contributed by atoms with Crippen molar-refractivity contribution in [3.63, 3.8) is 0 Å². The van der Waals surface area contributed by atoms with Gasteiger partial charge in [-0.25, -0.2) is 4.39 Å². The summed E-state index contributed by atoms with van der Waals surface area (Å²) in [6.45, 7) is -0.848. The molecule has 0 saturated heterocycles. The van der Waals surface area contributed by atoms with Crippen LogP contribution in [0.3, 0.4) is 0 Å². The molecule has 0 aliphatic carbocycles. The van der Waals surface area contributed by atoms with E-state index >= 15 is 0 Å². The number of halogens is 2. The van der Waals surface area contributed by atoms with Gasteiger partial charge in [-0.1, -0.05) is 0 Å². The van der Waals surface area contributed by atoms with Crippen molar-refractivity contribution in [2.24, 2.45) is 0 Å². The van der Waals surface area contributed by atoms with E-state index in [0.29, 0.717) is 4.58 Å². The fraction of sp³-hybridized carbons (Fsp3) is 0.667. The summed E-state index contributed by atoms with van der Waals surface area (Å²) in [5.74, 6) is 0. The summed E-state index contributed by atoms with van der Waals surface area (Å²) < 4.78 is 11.6. The molecular weight excluding hydrogens is 136 g/mol. The molecule has 5 heteroatoms. The summed E-state index contributed by atoms with van der Waals surface area (Å²) >= 11 is 4.92. The summed E-state index contributed by atoms with van der Waals surface area (Å²) in [7, 11) is 0. The molecule has 3 nitrogen and oxygen atoms in total. The van der Waals surface area contributed by atoms with Gasteiger partial charge in [0.1, 0.15) is 13.3 Å². The normalized spacial score (nSPS) is 8.75. The zero-order chi connectivity index (χ0) is 6.41. The van der Waals surface area contributed by atoms with E-state index in [1.54, 1.807) is 0 Å². The van der Waals surface area contributed by atoms with Crippen molar-refractivity contribution in [1.82, 2.24) is 4.58 Å². The second kappa shape index (κ2) is 4.80. The maximum Gasteiger partial charge on any atom is 0.249 e. The van der Waals surface area contributed by atoms with Crippen LogP contribution in [-0.4, -0.2) is 24.3 Å². The summed E-state index contributed by atoms with van der Waals surface area (Å²) in [5.41, 5.74) is 0. The summed E-state index contributed by atoms with van der Waals surface area (Å²) in [5, 5.41) is 0. The molecule has 0 rings (SSSR count). The van der Waals surface area contributed by atoms with Gasteiger partial charge in [-0.3, -0.25) is 9.63 Å². The SMILES string of the molecule is O=CN(Cl)OCCF. The Labute approximate surface area is 51.0 Å². The standard InChI is InChI=1S/C3H5ClFNO2/c4-6(3-7)8-2-1-5/h3H,1-2H2. The molecule has 0 aliphatic rings. The Morgan fingerprint density at radius 2 is 2.50 bits per heavy atom. The lowest BCUT2D eigenvalue weighted by atomic mass is 10.8. The predicted molar refractivity (Wildman–Crippen MR) is 25.7 cm³/mol. The minimum atomic E-state index is -0.656. The van der Waals surface area contributed by atoms with Crippen LogP contribution in [0.1, 0.15) is 0 Å². The first-order valence-corrected chi connectivity index (χ1v) is 2.24. The number of hydroxylamine groups is 1. The summed E-state index contributed by atoms with van der Waals surface area (Å²) in [4.78, 5) is 13.8. The summed E-state index contributed by atoms with van der Waals surface area (Å²) in [6.07, 6.45) is 0.233. The molecule has 0 unspecified atom stereocenters. The van der Waals surface area contributed by atoms with Crippen molar-refractivity contribution < 1.29 is 14.0 Å². The Bertz CT molecular complexity index is 72.3. The lowest BCUT2D eigenvalue weighted by molar-refractivity contribution is -0.144. The van der Waals surface area contributed by atoms with Crippen molar-refractivity contribution in [3.8, 4) is 0 Å². The highest BCUT2D eigenvalue weighted by Crippen LogP contribution is 1.88. The monoisotopic (exact) mass is 141 g/mol. The number of carbonyl (C=O) groups is 1. The van der Waals surface area contributed by atoms with Gasteiger partial charge in [0, 0.05) is 11.8 Å². The molecule has 0 N–H and O–H groups in total. The third kappa shape index (κ3) is 3.83. The van der Waals surface area contributed by atoms with Crippen molar-refractivity contribution in [1.29, 1.82) is 0 Å². The molecule has 0 fully saturated rings. The second-order valence-electron chi connectivity index (χ2n) is 0.900. The van der Waals surface area contributed by atoms with Gasteiger partial charge in [0.05, 0.1) is 0 Å². The quantitative estimate of drug-likeness (QED) is 0.324. The maximum atomic E-state index is 11.2. The van der Waals surface area contributed by atoms with Crippen LogP contribution in [0.4, 0.5) is 4.39 Å². The predicted octanol–water partition coefficient (Wildman–Crippen LogP) is 0.500. The zero-order valence-electron chi connectivity index (χ0n) is 4.01. The molecule has 0 bridgehead atoms. The lowest BCUT2D eigenvalue weighted by Gasteiger charge is -2.02. The number of alkyl halides is 1. The third-order valence-electron chi connectivity index (χ3n) is 0.375. The molecule has 0 heterocycles. The number of hydrogen-bond acceptors (Lipinski definition) is 2. The minimum absolute atomic E-state index is 0.192. The molecule has 0 aromatic heterocycles. The molecule has 0 spiro atoms. The maximum absolute atomic E-state index is 11.2. The van der Waals surface area contributed by atoms with E-state index < -0.39 is 6.67 Å². The highest BCUT2D eigenvalue weighted by molar-refractivity contribution is 6.17. The number of amides is 1. The Morgan fingerprint density at radius 1 is 1.88 bits per heavy atom. The Morgan fingerprint density at radius 3 is 2.88 bits per heavy atom.